The average molecular weight is 797 g/mol. The third kappa shape index (κ3) is 4.99. The molecule has 0 N–H and O–H groups in total. The van der Waals surface area contributed by atoms with Gasteiger partial charge in [-0.25, -0.2) is 9.97 Å². The van der Waals surface area contributed by atoms with Gasteiger partial charge in [0, 0.05) is 49.3 Å². The molecule has 292 valence electrons. The van der Waals surface area contributed by atoms with Crippen molar-refractivity contribution in [1.29, 1.82) is 0 Å². The van der Waals surface area contributed by atoms with Gasteiger partial charge in [0.05, 0.1) is 22.1 Å². The molecule has 1 aliphatic rings. The van der Waals surface area contributed by atoms with Gasteiger partial charge in [-0.2, -0.15) is 9.97 Å². The zero-order valence-electron chi connectivity index (χ0n) is 33.9. The molecule has 0 radical (unpaired) electrons. The minimum Gasteiger partial charge on any atom is -0.436 e. The Hall–Kier alpha value is -8.16. The van der Waals surface area contributed by atoms with Crippen LogP contribution >= 0.6 is 0 Å². The maximum atomic E-state index is 6.29. The molecule has 0 bridgehead atoms. The summed E-state index contributed by atoms with van der Waals surface area (Å²) in [6, 6.07) is 63.7. The summed E-state index contributed by atoms with van der Waals surface area (Å²) < 4.78 is 10.9. The first-order valence-electron chi connectivity index (χ1n) is 21.0. The number of hydrogen-bond acceptors (Lipinski definition) is 5. The van der Waals surface area contributed by atoms with Crippen LogP contribution in [0.1, 0.15) is 25.0 Å². The van der Waals surface area contributed by atoms with E-state index >= 15 is 0 Å². The molecule has 4 aromatic heterocycles. The molecule has 0 aliphatic heterocycles. The van der Waals surface area contributed by atoms with E-state index in [0.717, 1.165) is 77.1 Å². The molecular formula is C55H36N6O. The Morgan fingerprint density at radius 1 is 0.435 bits per heavy atom. The third-order valence-corrected chi connectivity index (χ3v) is 12.8. The Balaban J connectivity index is 1.10. The number of hydrogen-bond donors (Lipinski definition) is 0. The van der Waals surface area contributed by atoms with Gasteiger partial charge in [-0.15, -0.1) is 0 Å². The van der Waals surface area contributed by atoms with Gasteiger partial charge < -0.3 is 8.98 Å². The lowest BCUT2D eigenvalue weighted by atomic mass is 9.82. The fourth-order valence-corrected chi connectivity index (χ4v) is 9.90. The first-order valence-corrected chi connectivity index (χ1v) is 21.0. The molecule has 1 aliphatic carbocycles. The predicted octanol–water partition coefficient (Wildman–Crippen LogP) is 13.5. The van der Waals surface area contributed by atoms with Crippen molar-refractivity contribution in [2.24, 2.45) is 0 Å². The molecule has 13 rings (SSSR count). The Morgan fingerprint density at radius 2 is 1.06 bits per heavy atom. The number of nitrogens with zero attached hydrogens (tertiary/aromatic N) is 6. The van der Waals surface area contributed by atoms with Crippen molar-refractivity contribution in [2.75, 3.05) is 0 Å². The number of rotatable bonds is 5. The molecule has 0 amide bonds. The van der Waals surface area contributed by atoms with Gasteiger partial charge >= 0.3 is 0 Å². The third-order valence-electron chi connectivity index (χ3n) is 12.8. The molecule has 0 spiro atoms. The number of benzene rings is 8. The highest BCUT2D eigenvalue weighted by Gasteiger charge is 2.35. The van der Waals surface area contributed by atoms with Crippen LogP contribution in [0.25, 0.3) is 112 Å². The van der Waals surface area contributed by atoms with Crippen LogP contribution in [0.2, 0.25) is 0 Å². The minimum atomic E-state index is -0.177. The largest absolute Gasteiger partial charge is 0.436 e. The summed E-state index contributed by atoms with van der Waals surface area (Å²) >= 11 is 0. The Labute approximate surface area is 356 Å². The molecule has 0 saturated carbocycles. The molecule has 8 aromatic carbocycles. The molecule has 7 heteroatoms. The fourth-order valence-electron chi connectivity index (χ4n) is 9.90. The van der Waals surface area contributed by atoms with Crippen molar-refractivity contribution < 1.29 is 4.42 Å². The van der Waals surface area contributed by atoms with E-state index in [1.165, 1.54) is 22.3 Å². The van der Waals surface area contributed by atoms with E-state index < -0.39 is 0 Å². The Bertz CT molecular complexity index is 3760. The average Bonchev–Trinajstić information content (AvgIpc) is 4.07. The van der Waals surface area contributed by atoms with Crippen LogP contribution in [-0.4, -0.2) is 29.1 Å². The van der Waals surface area contributed by atoms with Gasteiger partial charge in [0.25, 0.3) is 0 Å². The fraction of sp³-hybridized carbons (Fsp3) is 0.0545. The van der Waals surface area contributed by atoms with E-state index in [9.17, 15) is 0 Å². The van der Waals surface area contributed by atoms with Crippen LogP contribution in [0.5, 0.6) is 0 Å². The zero-order valence-corrected chi connectivity index (χ0v) is 33.9. The Kier molecular flexibility index (Phi) is 7.23. The smallest absolute Gasteiger partial charge is 0.238 e. The normalized spacial score (nSPS) is 13.1. The quantitative estimate of drug-likeness (QED) is 0.173. The van der Waals surface area contributed by atoms with Crippen molar-refractivity contribution >= 4 is 54.7 Å². The maximum absolute atomic E-state index is 6.29. The Morgan fingerprint density at radius 3 is 1.85 bits per heavy atom. The van der Waals surface area contributed by atoms with Crippen molar-refractivity contribution in [3.8, 4) is 57.0 Å². The minimum absolute atomic E-state index is 0.177. The molecule has 0 atom stereocenters. The second-order valence-electron chi connectivity index (χ2n) is 16.7. The molecule has 0 saturated heterocycles. The molecule has 12 aromatic rings. The van der Waals surface area contributed by atoms with Gasteiger partial charge in [-0.1, -0.05) is 147 Å². The van der Waals surface area contributed by atoms with Gasteiger partial charge in [-0.05, 0) is 70.8 Å². The van der Waals surface area contributed by atoms with Crippen LogP contribution in [-0.2, 0) is 5.41 Å². The van der Waals surface area contributed by atoms with Crippen molar-refractivity contribution in [1.82, 2.24) is 29.1 Å². The van der Waals surface area contributed by atoms with E-state index in [0.29, 0.717) is 23.5 Å². The highest BCUT2D eigenvalue weighted by atomic mass is 16.3. The highest BCUT2D eigenvalue weighted by Crippen LogP contribution is 2.49. The van der Waals surface area contributed by atoms with E-state index in [2.05, 4.69) is 163 Å². The van der Waals surface area contributed by atoms with Crippen molar-refractivity contribution in [2.45, 2.75) is 19.3 Å². The highest BCUT2D eigenvalue weighted by molar-refractivity contribution is 6.23. The monoisotopic (exact) mass is 796 g/mol. The van der Waals surface area contributed by atoms with Gasteiger partial charge in [0.2, 0.25) is 11.8 Å². The second-order valence-corrected chi connectivity index (χ2v) is 16.7. The van der Waals surface area contributed by atoms with Crippen LogP contribution in [0, 0.1) is 0 Å². The summed E-state index contributed by atoms with van der Waals surface area (Å²) in [7, 11) is 0. The molecule has 7 nitrogen and oxygen atoms in total. The first-order chi connectivity index (χ1) is 30.5. The van der Waals surface area contributed by atoms with Crippen LogP contribution in [0.4, 0.5) is 0 Å². The lowest BCUT2D eigenvalue weighted by molar-refractivity contribution is 0.620. The first kappa shape index (κ1) is 34.7. The summed E-state index contributed by atoms with van der Waals surface area (Å²) in [4.78, 5) is 20.9. The summed E-state index contributed by atoms with van der Waals surface area (Å²) in [5.41, 5.74) is 14.5. The zero-order chi connectivity index (χ0) is 41.1. The van der Waals surface area contributed by atoms with E-state index in [1.807, 2.05) is 42.5 Å². The van der Waals surface area contributed by atoms with Gasteiger partial charge in [-0.3, -0.25) is 4.57 Å². The second kappa shape index (κ2) is 12.9. The van der Waals surface area contributed by atoms with Crippen LogP contribution in [0.3, 0.4) is 0 Å². The number of oxazole rings is 1. The van der Waals surface area contributed by atoms with Crippen LogP contribution < -0.4 is 0 Å². The van der Waals surface area contributed by atoms with Gasteiger partial charge in [0.1, 0.15) is 5.52 Å². The predicted molar refractivity (Wildman–Crippen MR) is 250 cm³/mol. The van der Waals surface area contributed by atoms with E-state index in [1.54, 1.807) is 0 Å². The molecular weight excluding hydrogens is 761 g/mol. The lowest BCUT2D eigenvalue weighted by Crippen LogP contribution is -2.15. The number of para-hydroxylation sites is 4. The molecule has 4 heterocycles. The van der Waals surface area contributed by atoms with Gasteiger partial charge in [0.15, 0.2) is 17.2 Å². The SMILES string of the molecule is CC1(C)c2ccccc2-c2ccc(-c3nc(-c4ccccc4)nc(-n4c5ccccc5c5ccc6c7ccccc7n(-c7cccc(-c8nc9ccccc9o8)c7)c6c54)n3)cc21. The number of aromatic nitrogens is 6. The summed E-state index contributed by atoms with van der Waals surface area (Å²) in [6.07, 6.45) is 0. The molecule has 62 heavy (non-hydrogen) atoms. The van der Waals surface area contributed by atoms with Crippen molar-refractivity contribution in [3.63, 3.8) is 0 Å². The van der Waals surface area contributed by atoms with E-state index in [-0.39, 0.29) is 5.41 Å². The van der Waals surface area contributed by atoms with Crippen molar-refractivity contribution in [3.05, 3.63) is 193 Å². The summed E-state index contributed by atoms with van der Waals surface area (Å²) in [5.74, 6) is 2.36. The summed E-state index contributed by atoms with van der Waals surface area (Å²) in [6.45, 7) is 4.61. The molecule has 0 unspecified atom stereocenters. The maximum Gasteiger partial charge on any atom is 0.238 e. The number of fused-ring (bicyclic) bond motifs is 11. The van der Waals surface area contributed by atoms with Crippen LogP contribution in [0.15, 0.2) is 186 Å². The topological polar surface area (TPSA) is 74.6 Å². The summed E-state index contributed by atoms with van der Waals surface area (Å²) in [5, 5.41) is 4.49. The standard InChI is InChI=1S/C55H36N6O/c1-55(2)43-22-9-6-19-37(43)38-28-27-34(32-44(38)55)52-57-51(33-15-4-3-5-16-33)58-54(59-52)61-47-25-12-8-21-40(47)42-30-29-41-39-20-7-11-24-46(39)60(49(41)50(42)61)36-18-14-17-35(31-36)53-56-45-23-10-13-26-48(45)62-53/h3-32H,1-2H3. The molecule has 0 fully saturated rings. The van der Waals surface area contributed by atoms with E-state index in [4.69, 9.17) is 24.4 Å². The lowest BCUT2D eigenvalue weighted by Gasteiger charge is -2.21.